The van der Waals surface area contributed by atoms with E-state index in [9.17, 15) is 13.2 Å². The van der Waals surface area contributed by atoms with Crippen molar-refractivity contribution in [2.24, 2.45) is 11.1 Å². The molecule has 3 N–H and O–H groups in total. The van der Waals surface area contributed by atoms with Crippen LogP contribution in [0.4, 0.5) is 13.2 Å². The zero-order valence-electron chi connectivity index (χ0n) is 9.90. The van der Waals surface area contributed by atoms with Gasteiger partial charge in [-0.05, 0) is 25.2 Å². The van der Waals surface area contributed by atoms with Crippen LogP contribution in [0.1, 0.15) is 39.5 Å². The Morgan fingerprint density at radius 3 is 2.56 bits per heavy atom. The third kappa shape index (κ3) is 3.94. The third-order valence-electron chi connectivity index (χ3n) is 3.55. The molecule has 1 aliphatic rings. The van der Waals surface area contributed by atoms with Gasteiger partial charge in [0.05, 0.1) is 6.42 Å². The zero-order valence-corrected chi connectivity index (χ0v) is 9.90. The van der Waals surface area contributed by atoms with Gasteiger partial charge in [0.15, 0.2) is 0 Å². The molecule has 1 aliphatic carbocycles. The molecule has 1 saturated carbocycles. The molecule has 0 aromatic rings. The van der Waals surface area contributed by atoms with Gasteiger partial charge in [-0.25, -0.2) is 0 Å². The van der Waals surface area contributed by atoms with Crippen LogP contribution in [0.5, 0.6) is 0 Å². The second-order valence-corrected chi connectivity index (χ2v) is 5.25. The van der Waals surface area contributed by atoms with E-state index in [-0.39, 0.29) is 11.5 Å². The third-order valence-corrected chi connectivity index (χ3v) is 3.55. The van der Waals surface area contributed by atoms with Gasteiger partial charge in [-0.15, -0.1) is 0 Å². The monoisotopic (exact) mass is 238 g/mol. The Morgan fingerprint density at radius 1 is 1.50 bits per heavy atom. The molecule has 3 atom stereocenters. The van der Waals surface area contributed by atoms with E-state index in [1.54, 1.807) is 6.92 Å². The molecule has 0 spiro atoms. The van der Waals surface area contributed by atoms with Gasteiger partial charge in [0.2, 0.25) is 0 Å². The minimum atomic E-state index is -4.09. The van der Waals surface area contributed by atoms with Gasteiger partial charge in [0.1, 0.15) is 0 Å². The molecular weight excluding hydrogens is 217 g/mol. The van der Waals surface area contributed by atoms with Crippen molar-refractivity contribution in [3.8, 4) is 0 Å². The summed E-state index contributed by atoms with van der Waals surface area (Å²) in [6.07, 6.45) is -1.82. The smallest absolute Gasteiger partial charge is 0.327 e. The summed E-state index contributed by atoms with van der Waals surface area (Å²) in [4.78, 5) is 0. The summed E-state index contributed by atoms with van der Waals surface area (Å²) in [6, 6.07) is -0.428. The van der Waals surface area contributed by atoms with Gasteiger partial charge in [0, 0.05) is 18.6 Å². The summed E-state index contributed by atoms with van der Waals surface area (Å²) in [5.74, 6) is 0. The van der Waals surface area contributed by atoms with Crippen LogP contribution in [-0.2, 0) is 0 Å². The van der Waals surface area contributed by atoms with Crippen molar-refractivity contribution in [3.63, 3.8) is 0 Å². The van der Waals surface area contributed by atoms with Crippen LogP contribution in [-0.4, -0.2) is 24.8 Å². The fourth-order valence-electron chi connectivity index (χ4n) is 2.31. The first kappa shape index (κ1) is 13.8. The summed E-state index contributed by atoms with van der Waals surface area (Å²) in [7, 11) is 0. The highest BCUT2D eigenvalue weighted by molar-refractivity contribution is 4.93. The molecule has 0 radical (unpaired) electrons. The Morgan fingerprint density at radius 2 is 2.12 bits per heavy atom. The lowest BCUT2D eigenvalue weighted by Crippen LogP contribution is -2.45. The van der Waals surface area contributed by atoms with Gasteiger partial charge in [-0.3, -0.25) is 0 Å². The van der Waals surface area contributed by atoms with E-state index in [1.165, 1.54) is 0 Å². The normalized spacial score (nSPS) is 33.0. The average molecular weight is 238 g/mol. The first-order chi connectivity index (χ1) is 7.23. The number of alkyl halides is 3. The van der Waals surface area contributed by atoms with E-state index in [0.717, 1.165) is 19.3 Å². The van der Waals surface area contributed by atoms with Crippen LogP contribution in [0.25, 0.3) is 0 Å². The van der Waals surface area contributed by atoms with E-state index in [0.29, 0.717) is 6.54 Å². The molecule has 1 rings (SSSR count). The number of nitrogens with two attached hydrogens (primary N) is 1. The molecule has 3 unspecified atom stereocenters. The van der Waals surface area contributed by atoms with Crippen molar-refractivity contribution in [2.45, 2.75) is 57.8 Å². The standard InChI is InChI=1S/C11H21F3N2/c1-8(6-11(12,13)14)16-7-10(2)5-3-4-9(10)15/h8-9,16H,3-7,15H2,1-2H3. The fourth-order valence-corrected chi connectivity index (χ4v) is 2.31. The van der Waals surface area contributed by atoms with Crippen molar-refractivity contribution in [1.82, 2.24) is 5.32 Å². The molecule has 0 amide bonds. The number of hydrogen-bond donors (Lipinski definition) is 2. The Bertz CT molecular complexity index is 230. The summed E-state index contributed by atoms with van der Waals surface area (Å²) in [5, 5.41) is 2.95. The topological polar surface area (TPSA) is 38.0 Å². The second-order valence-electron chi connectivity index (χ2n) is 5.25. The summed E-state index contributed by atoms with van der Waals surface area (Å²) >= 11 is 0. The summed E-state index contributed by atoms with van der Waals surface area (Å²) < 4.78 is 36.3. The lowest BCUT2D eigenvalue weighted by molar-refractivity contribution is -0.139. The maximum absolute atomic E-state index is 12.1. The van der Waals surface area contributed by atoms with Gasteiger partial charge >= 0.3 is 6.18 Å². The van der Waals surface area contributed by atoms with Crippen LogP contribution < -0.4 is 11.1 Å². The molecule has 0 aromatic carbocycles. The molecule has 1 fully saturated rings. The molecular formula is C11H21F3N2. The van der Waals surface area contributed by atoms with Crippen molar-refractivity contribution in [2.75, 3.05) is 6.54 Å². The number of halogens is 3. The van der Waals surface area contributed by atoms with E-state index in [1.807, 2.05) is 0 Å². The predicted molar refractivity (Wildman–Crippen MR) is 58.1 cm³/mol. The van der Waals surface area contributed by atoms with Crippen molar-refractivity contribution < 1.29 is 13.2 Å². The molecule has 0 aromatic heterocycles. The van der Waals surface area contributed by atoms with Crippen LogP contribution in [0.3, 0.4) is 0 Å². The molecule has 0 saturated heterocycles. The Hall–Kier alpha value is -0.290. The highest BCUT2D eigenvalue weighted by atomic mass is 19.4. The van der Waals surface area contributed by atoms with Gasteiger partial charge in [0.25, 0.3) is 0 Å². The quantitative estimate of drug-likeness (QED) is 0.789. The first-order valence-corrected chi connectivity index (χ1v) is 5.79. The summed E-state index contributed by atoms with van der Waals surface area (Å²) in [5.41, 5.74) is 5.92. The lowest BCUT2D eigenvalue weighted by Gasteiger charge is -2.31. The highest BCUT2D eigenvalue weighted by Gasteiger charge is 2.37. The van der Waals surface area contributed by atoms with Crippen molar-refractivity contribution in [1.29, 1.82) is 0 Å². The van der Waals surface area contributed by atoms with E-state index >= 15 is 0 Å². The molecule has 5 heteroatoms. The molecule has 0 aliphatic heterocycles. The van der Waals surface area contributed by atoms with Crippen molar-refractivity contribution in [3.05, 3.63) is 0 Å². The van der Waals surface area contributed by atoms with E-state index in [4.69, 9.17) is 5.73 Å². The number of hydrogen-bond acceptors (Lipinski definition) is 2. The molecule has 16 heavy (non-hydrogen) atoms. The first-order valence-electron chi connectivity index (χ1n) is 5.79. The number of nitrogens with one attached hydrogen (secondary N) is 1. The highest BCUT2D eigenvalue weighted by Crippen LogP contribution is 2.36. The largest absolute Gasteiger partial charge is 0.390 e. The van der Waals surface area contributed by atoms with Crippen LogP contribution >= 0.6 is 0 Å². The molecule has 0 bridgehead atoms. The molecule has 0 heterocycles. The summed E-state index contributed by atoms with van der Waals surface area (Å²) in [6.45, 7) is 4.20. The van der Waals surface area contributed by atoms with Crippen LogP contribution in [0.15, 0.2) is 0 Å². The Labute approximate surface area is 94.8 Å². The van der Waals surface area contributed by atoms with E-state index < -0.39 is 18.6 Å². The van der Waals surface area contributed by atoms with Gasteiger partial charge in [-0.2, -0.15) is 13.2 Å². The SMILES string of the molecule is CC(CC(F)(F)F)NCC1(C)CCCC1N. The van der Waals surface area contributed by atoms with Crippen LogP contribution in [0.2, 0.25) is 0 Å². The van der Waals surface area contributed by atoms with Crippen LogP contribution in [0, 0.1) is 5.41 Å². The zero-order chi connectivity index (χ0) is 12.4. The van der Waals surface area contributed by atoms with E-state index in [2.05, 4.69) is 12.2 Å². The predicted octanol–water partition coefficient (Wildman–Crippen LogP) is 2.43. The van der Waals surface area contributed by atoms with Gasteiger partial charge in [-0.1, -0.05) is 13.3 Å². The molecule has 96 valence electrons. The van der Waals surface area contributed by atoms with Gasteiger partial charge < -0.3 is 11.1 Å². The second kappa shape index (κ2) is 4.92. The number of rotatable bonds is 4. The minimum Gasteiger partial charge on any atom is -0.327 e. The maximum atomic E-state index is 12.1. The Kier molecular flexibility index (Phi) is 4.23. The average Bonchev–Trinajstić information content (AvgIpc) is 2.42. The Balaban J connectivity index is 2.34. The fraction of sp³-hybridized carbons (Fsp3) is 1.00. The maximum Gasteiger partial charge on any atom is 0.390 e. The lowest BCUT2D eigenvalue weighted by atomic mass is 9.85. The molecule has 2 nitrogen and oxygen atoms in total. The van der Waals surface area contributed by atoms with Crippen molar-refractivity contribution >= 4 is 0 Å². The minimum absolute atomic E-state index is 0.0418.